The highest BCUT2D eigenvalue weighted by Gasteiger charge is 2.61. The second kappa shape index (κ2) is 3.96. The van der Waals surface area contributed by atoms with Crippen LogP contribution in [-0.4, -0.2) is 12.1 Å². The van der Waals surface area contributed by atoms with Crippen molar-refractivity contribution in [2.45, 2.75) is 90.1 Å². The van der Waals surface area contributed by atoms with Gasteiger partial charge in [0.2, 0.25) is 0 Å². The molecule has 6 rings (SSSR count). The summed E-state index contributed by atoms with van der Waals surface area (Å²) in [6, 6.07) is 1.51. The molecule has 4 saturated carbocycles. The summed E-state index contributed by atoms with van der Waals surface area (Å²) < 4.78 is 0. The van der Waals surface area contributed by atoms with E-state index < -0.39 is 0 Å². The Kier molecular flexibility index (Phi) is 2.48. The Balaban J connectivity index is 1.55. The van der Waals surface area contributed by atoms with Crippen molar-refractivity contribution in [3.8, 4) is 0 Å². The van der Waals surface area contributed by atoms with E-state index in [4.69, 9.17) is 0 Å². The van der Waals surface area contributed by atoms with Crippen molar-refractivity contribution in [3.63, 3.8) is 0 Å². The Morgan fingerprint density at radius 1 is 1.00 bits per heavy atom. The number of hydrogen-bond acceptors (Lipinski definition) is 1. The van der Waals surface area contributed by atoms with E-state index in [-0.39, 0.29) is 0 Å². The zero-order chi connectivity index (χ0) is 14.3. The second-order valence-electron chi connectivity index (χ2n) is 10.2. The maximum Gasteiger partial charge on any atom is 0.0255 e. The van der Waals surface area contributed by atoms with E-state index >= 15 is 0 Å². The molecule has 21 heavy (non-hydrogen) atoms. The molecule has 2 aliphatic heterocycles. The van der Waals surface area contributed by atoms with Crippen molar-refractivity contribution in [1.82, 2.24) is 5.32 Å². The van der Waals surface area contributed by atoms with Crippen LogP contribution in [0.25, 0.3) is 0 Å². The first kappa shape index (κ1) is 13.2. The number of piperidine rings is 1. The van der Waals surface area contributed by atoms with Crippen molar-refractivity contribution in [1.29, 1.82) is 0 Å². The lowest BCUT2D eigenvalue weighted by molar-refractivity contribution is -0.130. The molecule has 0 aromatic carbocycles. The highest BCUT2D eigenvalue weighted by molar-refractivity contribution is 5.28. The summed E-state index contributed by atoms with van der Waals surface area (Å²) in [6.45, 7) is 5.24. The van der Waals surface area contributed by atoms with Crippen LogP contribution in [0.1, 0.15) is 78.1 Å². The molecular weight excluding hydrogens is 254 g/mol. The molecule has 1 N–H and O–H groups in total. The molecule has 4 unspecified atom stereocenters. The topological polar surface area (TPSA) is 12.0 Å². The first-order chi connectivity index (χ1) is 9.96. The fourth-order valence-corrected chi connectivity index (χ4v) is 8.12. The molecule has 1 saturated heterocycles. The van der Waals surface area contributed by atoms with E-state index in [1.165, 1.54) is 64.2 Å². The molecule has 2 heterocycles. The normalized spacial score (nSPS) is 58.2. The fourth-order valence-electron chi connectivity index (χ4n) is 8.12. The number of nitrogens with one attached hydrogen (secondary N) is 1. The molecule has 0 spiro atoms. The van der Waals surface area contributed by atoms with Crippen molar-refractivity contribution >= 4 is 0 Å². The van der Waals surface area contributed by atoms with Gasteiger partial charge < -0.3 is 5.32 Å². The highest BCUT2D eigenvalue weighted by atomic mass is 15.0. The lowest BCUT2D eigenvalue weighted by Gasteiger charge is -2.66. The Bertz CT molecular complexity index is 486. The quantitative estimate of drug-likeness (QED) is 0.681. The third-order valence-corrected chi connectivity index (χ3v) is 7.69. The summed E-state index contributed by atoms with van der Waals surface area (Å²) in [5, 5.41) is 3.86. The molecule has 116 valence electrons. The summed E-state index contributed by atoms with van der Waals surface area (Å²) in [5.41, 5.74) is 3.83. The van der Waals surface area contributed by atoms with E-state index in [0.29, 0.717) is 22.3 Å². The minimum absolute atomic E-state index is 0.610. The minimum Gasteiger partial charge on any atom is -0.307 e. The summed E-state index contributed by atoms with van der Waals surface area (Å²) in [4.78, 5) is 0. The van der Waals surface area contributed by atoms with Gasteiger partial charge in [0.15, 0.2) is 0 Å². The van der Waals surface area contributed by atoms with Gasteiger partial charge in [-0.05, 0) is 80.0 Å². The predicted molar refractivity (Wildman–Crippen MR) is 87.1 cm³/mol. The molecule has 0 amide bonds. The van der Waals surface area contributed by atoms with Crippen molar-refractivity contribution in [3.05, 3.63) is 11.6 Å². The fraction of sp³-hybridized carbons (Fsp3) is 0.900. The standard InChI is InChI=1S/C20H31N/c1-18-8-14-9-19(2,11-18)13-20(10-14,12-18)15-6-16-4-3-5-17(7-15)21-16/h6,14,16-17,21H,3-5,7-13H2,1-2H3. The Morgan fingerprint density at radius 2 is 1.76 bits per heavy atom. The first-order valence-electron chi connectivity index (χ1n) is 9.43. The van der Waals surface area contributed by atoms with Gasteiger partial charge in [-0.2, -0.15) is 0 Å². The van der Waals surface area contributed by atoms with Crippen LogP contribution in [0.4, 0.5) is 0 Å². The van der Waals surface area contributed by atoms with Gasteiger partial charge in [-0.15, -0.1) is 0 Å². The van der Waals surface area contributed by atoms with E-state index in [1.54, 1.807) is 0 Å². The molecule has 6 aliphatic rings. The first-order valence-corrected chi connectivity index (χ1v) is 9.43. The van der Waals surface area contributed by atoms with E-state index in [0.717, 1.165) is 12.0 Å². The summed E-state index contributed by atoms with van der Waals surface area (Å²) in [6.07, 6.45) is 17.4. The van der Waals surface area contributed by atoms with E-state index in [9.17, 15) is 0 Å². The summed E-state index contributed by atoms with van der Waals surface area (Å²) >= 11 is 0. The van der Waals surface area contributed by atoms with Gasteiger partial charge in [-0.25, -0.2) is 0 Å². The van der Waals surface area contributed by atoms with E-state index in [1.807, 2.05) is 5.57 Å². The lowest BCUT2D eigenvalue weighted by atomic mass is 9.38. The van der Waals surface area contributed by atoms with Crippen LogP contribution in [0.2, 0.25) is 0 Å². The van der Waals surface area contributed by atoms with Crippen molar-refractivity contribution in [2.75, 3.05) is 0 Å². The van der Waals surface area contributed by atoms with Crippen molar-refractivity contribution in [2.24, 2.45) is 22.2 Å². The average Bonchev–Trinajstić information content (AvgIpc) is 2.33. The maximum atomic E-state index is 3.86. The number of rotatable bonds is 1. The summed E-state index contributed by atoms with van der Waals surface area (Å²) in [7, 11) is 0. The van der Waals surface area contributed by atoms with Gasteiger partial charge in [0.1, 0.15) is 0 Å². The number of fused-ring (bicyclic) bond motifs is 2. The average molecular weight is 285 g/mol. The van der Waals surface area contributed by atoms with E-state index in [2.05, 4.69) is 25.2 Å². The highest BCUT2D eigenvalue weighted by Crippen LogP contribution is 2.71. The molecule has 4 aliphatic carbocycles. The van der Waals surface area contributed by atoms with Crippen LogP contribution >= 0.6 is 0 Å². The van der Waals surface area contributed by atoms with Crippen LogP contribution in [0.15, 0.2) is 11.6 Å². The second-order valence-corrected chi connectivity index (χ2v) is 10.2. The molecule has 0 aromatic heterocycles. The van der Waals surface area contributed by atoms with Gasteiger partial charge in [-0.3, -0.25) is 0 Å². The third kappa shape index (κ3) is 1.92. The van der Waals surface area contributed by atoms with Gasteiger partial charge >= 0.3 is 0 Å². The zero-order valence-electron chi connectivity index (χ0n) is 13.9. The Hall–Kier alpha value is -0.300. The molecule has 4 atom stereocenters. The molecule has 1 nitrogen and oxygen atoms in total. The predicted octanol–water partition coefficient (Wildman–Crippen LogP) is 4.82. The third-order valence-electron chi connectivity index (χ3n) is 7.69. The molecule has 5 fully saturated rings. The molecule has 1 heteroatoms. The molecular formula is C20H31N. The van der Waals surface area contributed by atoms with Crippen LogP contribution in [0, 0.1) is 22.2 Å². The summed E-state index contributed by atoms with van der Waals surface area (Å²) in [5.74, 6) is 1.03. The van der Waals surface area contributed by atoms with Crippen molar-refractivity contribution < 1.29 is 0 Å². The Morgan fingerprint density at radius 3 is 2.43 bits per heavy atom. The van der Waals surface area contributed by atoms with Crippen LogP contribution in [-0.2, 0) is 0 Å². The number of hydrogen-bond donors (Lipinski definition) is 1. The maximum absolute atomic E-state index is 3.86. The molecule has 0 aromatic rings. The van der Waals surface area contributed by atoms with Gasteiger partial charge in [0, 0.05) is 12.1 Å². The van der Waals surface area contributed by atoms with Crippen LogP contribution < -0.4 is 5.32 Å². The van der Waals surface area contributed by atoms with Crippen LogP contribution in [0.5, 0.6) is 0 Å². The smallest absolute Gasteiger partial charge is 0.0255 e. The Labute approximate surface area is 130 Å². The minimum atomic E-state index is 0.610. The largest absolute Gasteiger partial charge is 0.307 e. The van der Waals surface area contributed by atoms with Gasteiger partial charge in [0.25, 0.3) is 0 Å². The SMILES string of the molecule is CC12CC3CC(C)(C1)CC(C1=CC4CCCC(C1)N4)(C3)C2. The molecule has 6 bridgehead atoms. The monoisotopic (exact) mass is 285 g/mol. The van der Waals surface area contributed by atoms with Gasteiger partial charge in [0.05, 0.1) is 0 Å². The van der Waals surface area contributed by atoms with Gasteiger partial charge in [-0.1, -0.05) is 31.9 Å². The zero-order valence-corrected chi connectivity index (χ0v) is 13.9. The molecule has 0 radical (unpaired) electrons. The lowest BCUT2D eigenvalue weighted by Crippen LogP contribution is -2.57. The van der Waals surface area contributed by atoms with Crippen LogP contribution in [0.3, 0.4) is 0 Å².